The lowest BCUT2D eigenvalue weighted by molar-refractivity contribution is 0.101. The Hall–Kier alpha value is -2.60. The van der Waals surface area contributed by atoms with E-state index in [0.29, 0.717) is 30.5 Å². The number of ether oxygens (including phenoxy) is 1. The van der Waals surface area contributed by atoms with Crippen LogP contribution < -0.4 is 10.1 Å². The molecule has 142 valence electrons. The highest BCUT2D eigenvalue weighted by atomic mass is 19.1. The van der Waals surface area contributed by atoms with E-state index in [1.54, 1.807) is 17.0 Å². The molecule has 2 aromatic rings. The molecule has 6 heteroatoms. The minimum Gasteiger partial charge on any atom is -0.489 e. The van der Waals surface area contributed by atoms with Crippen LogP contribution in [0.1, 0.15) is 24.8 Å². The number of hydrogen-bond acceptors (Lipinski definition) is 3. The predicted molar refractivity (Wildman–Crippen MR) is 100 cm³/mol. The molecule has 0 bridgehead atoms. The Morgan fingerprint density at radius 2 is 2.00 bits per heavy atom. The van der Waals surface area contributed by atoms with Crippen LogP contribution in [-0.2, 0) is 6.61 Å². The zero-order valence-electron chi connectivity index (χ0n) is 15.0. The number of aliphatic hydroxyl groups is 1. The molecule has 0 aromatic heterocycles. The summed E-state index contributed by atoms with van der Waals surface area (Å²) >= 11 is 0. The van der Waals surface area contributed by atoms with Gasteiger partial charge in [0.1, 0.15) is 18.2 Å². The highest BCUT2D eigenvalue weighted by Gasteiger charge is 2.45. The number of anilines is 1. The quantitative estimate of drug-likeness (QED) is 0.861. The molecule has 5 nitrogen and oxygen atoms in total. The van der Waals surface area contributed by atoms with Crippen LogP contribution in [0.15, 0.2) is 48.5 Å². The maximum Gasteiger partial charge on any atom is 0.322 e. The van der Waals surface area contributed by atoms with Gasteiger partial charge in [0.05, 0.1) is 12.1 Å². The van der Waals surface area contributed by atoms with Crippen molar-refractivity contribution in [2.45, 2.75) is 38.0 Å². The maximum atomic E-state index is 12.9. The van der Waals surface area contributed by atoms with Crippen molar-refractivity contribution < 1.29 is 19.0 Å². The molecule has 27 heavy (non-hydrogen) atoms. The zero-order valence-corrected chi connectivity index (χ0v) is 15.0. The first-order valence-electron chi connectivity index (χ1n) is 9.33. The van der Waals surface area contributed by atoms with Crippen LogP contribution in [0.5, 0.6) is 5.75 Å². The van der Waals surface area contributed by atoms with E-state index in [2.05, 4.69) is 5.32 Å². The first-order valence-corrected chi connectivity index (χ1v) is 9.33. The van der Waals surface area contributed by atoms with Crippen molar-refractivity contribution in [1.29, 1.82) is 0 Å². The summed E-state index contributed by atoms with van der Waals surface area (Å²) in [4.78, 5) is 14.4. The van der Waals surface area contributed by atoms with Gasteiger partial charge in [-0.1, -0.05) is 12.1 Å². The fourth-order valence-electron chi connectivity index (χ4n) is 4.14. The van der Waals surface area contributed by atoms with Gasteiger partial charge in [-0.2, -0.15) is 0 Å². The minimum atomic E-state index is -0.418. The van der Waals surface area contributed by atoms with E-state index in [4.69, 9.17) is 4.74 Å². The molecule has 2 N–H and O–H groups in total. The molecule has 1 aliphatic heterocycles. The number of benzene rings is 2. The number of urea groups is 1. The van der Waals surface area contributed by atoms with Crippen LogP contribution >= 0.6 is 0 Å². The molecule has 0 radical (unpaired) electrons. The Labute approximate surface area is 157 Å². The van der Waals surface area contributed by atoms with Crippen LogP contribution in [0.3, 0.4) is 0 Å². The highest BCUT2D eigenvalue weighted by Crippen LogP contribution is 2.38. The van der Waals surface area contributed by atoms with Crippen LogP contribution in [-0.4, -0.2) is 34.7 Å². The van der Waals surface area contributed by atoms with Gasteiger partial charge in [0.2, 0.25) is 0 Å². The second-order valence-electron chi connectivity index (χ2n) is 7.25. The summed E-state index contributed by atoms with van der Waals surface area (Å²) in [5.74, 6) is 0.703. The molecule has 2 fully saturated rings. The van der Waals surface area contributed by atoms with Gasteiger partial charge in [0.15, 0.2) is 0 Å². The van der Waals surface area contributed by atoms with Crippen molar-refractivity contribution in [1.82, 2.24) is 4.90 Å². The maximum absolute atomic E-state index is 12.9. The minimum absolute atomic E-state index is 0.0602. The van der Waals surface area contributed by atoms with E-state index >= 15 is 0 Å². The zero-order chi connectivity index (χ0) is 18.8. The molecule has 1 saturated heterocycles. The number of aliphatic hydroxyl groups excluding tert-OH is 1. The molecule has 3 atom stereocenters. The van der Waals surface area contributed by atoms with Crippen LogP contribution in [0.4, 0.5) is 14.9 Å². The van der Waals surface area contributed by atoms with E-state index in [1.165, 1.54) is 12.1 Å². The van der Waals surface area contributed by atoms with Crippen LogP contribution in [0.25, 0.3) is 0 Å². The van der Waals surface area contributed by atoms with E-state index in [0.717, 1.165) is 24.8 Å². The molecule has 2 aliphatic rings. The van der Waals surface area contributed by atoms with Crippen LogP contribution in [0, 0.1) is 11.7 Å². The van der Waals surface area contributed by atoms with Gasteiger partial charge in [-0.3, -0.25) is 0 Å². The molecule has 0 spiro atoms. The van der Waals surface area contributed by atoms with Crippen molar-refractivity contribution in [2.75, 3.05) is 11.9 Å². The molecule has 4 rings (SSSR count). The van der Waals surface area contributed by atoms with E-state index in [9.17, 15) is 14.3 Å². The lowest BCUT2D eigenvalue weighted by atomic mass is 10.0. The van der Waals surface area contributed by atoms with Crippen molar-refractivity contribution in [3.63, 3.8) is 0 Å². The van der Waals surface area contributed by atoms with Gasteiger partial charge in [-0.25, -0.2) is 9.18 Å². The van der Waals surface area contributed by atoms with Gasteiger partial charge < -0.3 is 20.1 Å². The molecule has 0 unspecified atom stereocenters. The second-order valence-corrected chi connectivity index (χ2v) is 7.25. The molecule has 2 amide bonds. The second kappa shape index (κ2) is 7.56. The number of rotatable bonds is 4. The highest BCUT2D eigenvalue weighted by molar-refractivity contribution is 5.90. The summed E-state index contributed by atoms with van der Waals surface area (Å²) in [6.45, 7) is 1.01. The number of fused-ring (bicyclic) bond motifs is 1. The monoisotopic (exact) mass is 370 g/mol. The Balaban J connectivity index is 1.37. The number of amides is 2. The van der Waals surface area contributed by atoms with Crippen LogP contribution in [0.2, 0.25) is 0 Å². The molecule has 1 aliphatic carbocycles. The summed E-state index contributed by atoms with van der Waals surface area (Å²) < 4.78 is 18.6. The average molecular weight is 370 g/mol. The number of nitrogens with one attached hydrogen (secondary N) is 1. The number of nitrogens with zero attached hydrogens (tertiary/aromatic N) is 1. The lowest BCUT2D eigenvalue weighted by Crippen LogP contribution is -2.44. The van der Waals surface area contributed by atoms with E-state index < -0.39 is 6.10 Å². The van der Waals surface area contributed by atoms with Gasteiger partial charge in [0.25, 0.3) is 0 Å². The summed E-state index contributed by atoms with van der Waals surface area (Å²) in [7, 11) is 0. The first kappa shape index (κ1) is 17.8. The summed E-state index contributed by atoms with van der Waals surface area (Å²) in [6.07, 6.45) is 2.31. The molecule has 1 heterocycles. The third kappa shape index (κ3) is 3.90. The summed E-state index contributed by atoms with van der Waals surface area (Å²) in [5.41, 5.74) is 1.59. The van der Waals surface area contributed by atoms with Gasteiger partial charge in [0, 0.05) is 12.2 Å². The SMILES string of the molecule is O=C(Nc1cccc(COc2ccc(F)cc2)c1)N1CC[C@@H]2CC[C@@H](O)[C@@H]21. The number of hydrogen-bond donors (Lipinski definition) is 2. The smallest absolute Gasteiger partial charge is 0.322 e. The van der Waals surface area contributed by atoms with Gasteiger partial charge in [-0.05, 0) is 67.1 Å². The predicted octanol–water partition coefficient (Wildman–Crippen LogP) is 3.78. The number of halogens is 1. The lowest BCUT2D eigenvalue weighted by Gasteiger charge is -2.27. The molecular formula is C21H23FN2O3. The third-order valence-corrected chi connectivity index (χ3v) is 5.47. The molecule has 2 aromatic carbocycles. The Morgan fingerprint density at radius 3 is 2.81 bits per heavy atom. The topological polar surface area (TPSA) is 61.8 Å². The summed E-state index contributed by atoms with van der Waals surface area (Å²) in [5, 5.41) is 13.1. The fraction of sp³-hybridized carbons (Fsp3) is 0.381. The van der Waals surface area contributed by atoms with Gasteiger partial charge in [-0.15, -0.1) is 0 Å². The Kier molecular flexibility index (Phi) is 4.99. The number of carbonyl (C=O) groups excluding carboxylic acids is 1. The first-order chi connectivity index (χ1) is 13.1. The Bertz CT molecular complexity index is 811. The largest absolute Gasteiger partial charge is 0.489 e. The summed E-state index contributed by atoms with van der Waals surface area (Å²) in [6, 6.07) is 13.1. The van der Waals surface area contributed by atoms with Crippen molar-refractivity contribution >= 4 is 11.7 Å². The average Bonchev–Trinajstić information content (AvgIpc) is 3.25. The van der Waals surface area contributed by atoms with E-state index in [1.807, 2.05) is 24.3 Å². The normalized spacial score (nSPS) is 23.9. The molecular weight excluding hydrogens is 347 g/mol. The third-order valence-electron chi connectivity index (χ3n) is 5.47. The van der Waals surface area contributed by atoms with Crippen molar-refractivity contribution in [2.24, 2.45) is 5.92 Å². The Morgan fingerprint density at radius 1 is 1.19 bits per heavy atom. The number of carbonyl (C=O) groups is 1. The van der Waals surface area contributed by atoms with E-state index in [-0.39, 0.29) is 17.9 Å². The van der Waals surface area contributed by atoms with Crippen molar-refractivity contribution in [3.8, 4) is 5.75 Å². The molecule has 1 saturated carbocycles. The standard InChI is InChI=1S/C21H23FN2O3/c22-16-5-7-18(8-6-16)27-13-14-2-1-3-17(12-14)23-21(26)24-11-10-15-4-9-19(25)20(15)24/h1-3,5-8,12,15,19-20,25H,4,9-11,13H2,(H,23,26)/t15-,19+,20+/m0/s1. The number of likely N-dealkylation sites (tertiary alicyclic amines) is 1. The van der Waals surface area contributed by atoms with Crippen molar-refractivity contribution in [3.05, 3.63) is 59.9 Å². The fourth-order valence-corrected chi connectivity index (χ4v) is 4.14. The van der Waals surface area contributed by atoms with Gasteiger partial charge >= 0.3 is 6.03 Å².